The SMILES string of the molecule is C#CCN(C(=O)OCCCC)c1ccc(N(C)Cc2ccc(Cl)s2)cc1Cl. The van der Waals surface area contributed by atoms with E-state index in [1.54, 1.807) is 17.4 Å². The van der Waals surface area contributed by atoms with Gasteiger partial charge in [-0.25, -0.2) is 4.79 Å². The maximum Gasteiger partial charge on any atom is 0.415 e. The Morgan fingerprint density at radius 3 is 2.67 bits per heavy atom. The number of benzene rings is 1. The van der Waals surface area contributed by atoms with Crippen LogP contribution < -0.4 is 9.80 Å². The van der Waals surface area contributed by atoms with Crippen LogP contribution in [0.4, 0.5) is 16.2 Å². The van der Waals surface area contributed by atoms with Crippen LogP contribution in [-0.2, 0) is 11.3 Å². The van der Waals surface area contributed by atoms with E-state index in [4.69, 9.17) is 34.4 Å². The number of carbonyl (C=O) groups excluding carboxylic acids is 1. The van der Waals surface area contributed by atoms with Crippen molar-refractivity contribution in [3.8, 4) is 12.3 Å². The number of rotatable bonds is 8. The molecular formula is C20H22Cl2N2O2S. The summed E-state index contributed by atoms with van der Waals surface area (Å²) in [6.07, 6.45) is 6.68. The number of carbonyl (C=O) groups is 1. The Morgan fingerprint density at radius 1 is 1.30 bits per heavy atom. The molecule has 7 heteroatoms. The van der Waals surface area contributed by atoms with E-state index < -0.39 is 6.09 Å². The summed E-state index contributed by atoms with van der Waals surface area (Å²) < 4.78 is 6.04. The van der Waals surface area contributed by atoms with Crippen LogP contribution in [-0.4, -0.2) is 26.3 Å². The first kappa shape index (κ1) is 21.4. The second-order valence-corrected chi connectivity index (χ2v) is 8.16. The number of hydrogen-bond donors (Lipinski definition) is 0. The van der Waals surface area contributed by atoms with Crippen LogP contribution in [0.2, 0.25) is 9.36 Å². The predicted octanol–water partition coefficient (Wildman–Crippen LogP) is 6.07. The third kappa shape index (κ3) is 6.07. The second kappa shape index (κ2) is 10.5. The Bertz CT molecular complexity index is 817. The highest BCUT2D eigenvalue weighted by molar-refractivity contribution is 7.16. The first-order valence-corrected chi connectivity index (χ1v) is 10.2. The lowest BCUT2D eigenvalue weighted by Gasteiger charge is -2.24. The molecule has 1 aromatic carbocycles. The maximum absolute atomic E-state index is 12.4. The number of halogens is 2. The summed E-state index contributed by atoms with van der Waals surface area (Å²) in [7, 11) is 1.97. The molecule has 0 aliphatic carbocycles. The predicted molar refractivity (Wildman–Crippen MR) is 115 cm³/mol. The normalized spacial score (nSPS) is 10.3. The number of ether oxygens (including phenoxy) is 1. The standard InChI is InChI=1S/C20H22Cl2N2O2S/c1-4-6-12-26-20(25)24(11-5-2)18-9-7-15(13-17(18)21)23(3)14-16-8-10-19(22)27-16/h2,7-10,13H,4,6,11-12,14H2,1,3H3. The molecule has 27 heavy (non-hydrogen) atoms. The third-order valence-electron chi connectivity index (χ3n) is 3.88. The van der Waals surface area contributed by atoms with Gasteiger partial charge in [0.2, 0.25) is 0 Å². The van der Waals surface area contributed by atoms with Crippen molar-refractivity contribution in [1.29, 1.82) is 0 Å². The van der Waals surface area contributed by atoms with Crippen molar-refractivity contribution < 1.29 is 9.53 Å². The Hall–Kier alpha value is -1.87. The molecule has 0 radical (unpaired) electrons. The Morgan fingerprint density at radius 2 is 2.07 bits per heavy atom. The third-order valence-corrected chi connectivity index (χ3v) is 5.40. The lowest BCUT2D eigenvalue weighted by atomic mass is 10.2. The van der Waals surface area contributed by atoms with Crippen molar-refractivity contribution in [3.63, 3.8) is 0 Å². The topological polar surface area (TPSA) is 32.8 Å². The Kier molecular flexibility index (Phi) is 8.30. The molecule has 144 valence electrons. The lowest BCUT2D eigenvalue weighted by Crippen LogP contribution is -2.32. The van der Waals surface area contributed by atoms with E-state index >= 15 is 0 Å². The molecule has 2 rings (SSSR count). The van der Waals surface area contributed by atoms with Crippen LogP contribution in [0.25, 0.3) is 0 Å². The molecule has 0 fully saturated rings. The summed E-state index contributed by atoms with van der Waals surface area (Å²) in [6.45, 7) is 3.19. The van der Waals surface area contributed by atoms with Gasteiger partial charge in [0.25, 0.3) is 0 Å². The van der Waals surface area contributed by atoms with E-state index in [1.165, 1.54) is 4.90 Å². The molecule has 0 saturated heterocycles. The Balaban J connectivity index is 2.14. The zero-order chi connectivity index (χ0) is 19.8. The number of nitrogens with zero attached hydrogens (tertiary/aromatic N) is 2. The van der Waals surface area contributed by atoms with Gasteiger partial charge in [0, 0.05) is 17.6 Å². The number of thiophene rings is 1. The van der Waals surface area contributed by atoms with Gasteiger partial charge in [0.05, 0.1) is 34.7 Å². The van der Waals surface area contributed by atoms with Crippen molar-refractivity contribution in [2.75, 3.05) is 30.0 Å². The highest BCUT2D eigenvalue weighted by Crippen LogP contribution is 2.32. The molecule has 1 aromatic heterocycles. The molecule has 0 aliphatic rings. The first-order valence-electron chi connectivity index (χ1n) is 8.59. The van der Waals surface area contributed by atoms with Gasteiger partial charge in [-0.1, -0.05) is 42.5 Å². The lowest BCUT2D eigenvalue weighted by molar-refractivity contribution is 0.152. The maximum atomic E-state index is 12.4. The molecule has 0 atom stereocenters. The van der Waals surface area contributed by atoms with Gasteiger partial charge in [-0.05, 0) is 36.8 Å². The molecule has 0 unspecified atom stereocenters. The molecule has 1 heterocycles. The summed E-state index contributed by atoms with van der Waals surface area (Å²) in [4.78, 5) is 16.9. The molecule has 0 saturated carbocycles. The first-order chi connectivity index (χ1) is 13.0. The van der Waals surface area contributed by atoms with Gasteiger partial charge >= 0.3 is 6.09 Å². The van der Waals surface area contributed by atoms with Crippen LogP contribution >= 0.6 is 34.5 Å². The quantitative estimate of drug-likeness (QED) is 0.380. The highest BCUT2D eigenvalue weighted by atomic mass is 35.5. The van der Waals surface area contributed by atoms with Gasteiger partial charge in [-0.15, -0.1) is 17.8 Å². The van der Waals surface area contributed by atoms with E-state index in [0.717, 1.165) is 27.7 Å². The smallest absolute Gasteiger partial charge is 0.415 e. The Labute approximate surface area is 174 Å². The summed E-state index contributed by atoms with van der Waals surface area (Å²) in [5, 5.41) is 0.436. The van der Waals surface area contributed by atoms with E-state index in [-0.39, 0.29) is 6.54 Å². The minimum atomic E-state index is -0.488. The molecule has 2 aromatic rings. The van der Waals surface area contributed by atoms with Crippen molar-refractivity contribution in [2.24, 2.45) is 0 Å². The van der Waals surface area contributed by atoms with Crippen LogP contribution in [0.5, 0.6) is 0 Å². The van der Waals surface area contributed by atoms with E-state index in [2.05, 4.69) is 10.8 Å². The fraction of sp³-hybridized carbons (Fsp3) is 0.350. The fourth-order valence-corrected chi connectivity index (χ4v) is 3.85. The average Bonchev–Trinajstić information content (AvgIpc) is 3.04. The molecule has 1 amide bonds. The zero-order valence-corrected chi connectivity index (χ0v) is 17.7. The van der Waals surface area contributed by atoms with Gasteiger partial charge in [0.15, 0.2) is 0 Å². The largest absolute Gasteiger partial charge is 0.449 e. The molecule has 0 aliphatic heterocycles. The average molecular weight is 425 g/mol. The van der Waals surface area contributed by atoms with Crippen molar-refractivity contribution in [3.05, 3.63) is 44.6 Å². The van der Waals surface area contributed by atoms with Gasteiger partial charge < -0.3 is 9.64 Å². The van der Waals surface area contributed by atoms with Crippen LogP contribution in [0.3, 0.4) is 0 Å². The van der Waals surface area contributed by atoms with Crippen LogP contribution in [0.1, 0.15) is 24.6 Å². The summed E-state index contributed by atoms with van der Waals surface area (Å²) in [6, 6.07) is 9.38. The molecule has 4 nitrogen and oxygen atoms in total. The minimum absolute atomic E-state index is 0.0908. The van der Waals surface area contributed by atoms with Gasteiger partial charge in [0.1, 0.15) is 0 Å². The molecule has 0 N–H and O–H groups in total. The molecular weight excluding hydrogens is 403 g/mol. The number of hydrogen-bond acceptors (Lipinski definition) is 4. The molecule has 0 bridgehead atoms. The van der Waals surface area contributed by atoms with Crippen LogP contribution in [0, 0.1) is 12.3 Å². The van der Waals surface area contributed by atoms with Gasteiger partial charge in [-0.3, -0.25) is 4.90 Å². The molecule has 0 spiro atoms. The summed E-state index contributed by atoms with van der Waals surface area (Å²) in [5.74, 6) is 2.48. The summed E-state index contributed by atoms with van der Waals surface area (Å²) in [5.41, 5.74) is 1.46. The van der Waals surface area contributed by atoms with E-state index in [9.17, 15) is 4.79 Å². The van der Waals surface area contributed by atoms with E-state index in [1.807, 2.05) is 38.2 Å². The number of anilines is 2. The summed E-state index contributed by atoms with van der Waals surface area (Å²) >= 11 is 14.0. The van der Waals surface area contributed by atoms with Crippen molar-refractivity contribution in [2.45, 2.75) is 26.3 Å². The number of terminal acetylenes is 1. The van der Waals surface area contributed by atoms with Crippen LogP contribution in [0.15, 0.2) is 30.3 Å². The van der Waals surface area contributed by atoms with Gasteiger partial charge in [-0.2, -0.15) is 0 Å². The monoisotopic (exact) mass is 424 g/mol. The van der Waals surface area contributed by atoms with Crippen molar-refractivity contribution in [1.82, 2.24) is 0 Å². The van der Waals surface area contributed by atoms with E-state index in [0.29, 0.717) is 23.9 Å². The number of unbranched alkanes of at least 4 members (excludes halogenated alkanes) is 1. The zero-order valence-electron chi connectivity index (χ0n) is 15.4. The minimum Gasteiger partial charge on any atom is -0.449 e. The second-order valence-electron chi connectivity index (χ2n) is 5.96. The fourth-order valence-electron chi connectivity index (χ4n) is 2.44. The van der Waals surface area contributed by atoms with Crippen molar-refractivity contribution >= 4 is 52.0 Å². The number of amides is 1. The highest BCUT2D eigenvalue weighted by Gasteiger charge is 2.19.